The first kappa shape index (κ1) is 11.9. The number of nitrogens with zero attached hydrogens (tertiary/aromatic N) is 1. The van der Waals surface area contributed by atoms with Crippen molar-refractivity contribution in [3.63, 3.8) is 0 Å². The molecule has 0 aliphatic rings. The summed E-state index contributed by atoms with van der Waals surface area (Å²) in [5.74, 6) is 0.604. The van der Waals surface area contributed by atoms with Crippen molar-refractivity contribution in [2.24, 2.45) is 5.73 Å². The molecule has 0 amide bonds. The van der Waals surface area contributed by atoms with Crippen LogP contribution >= 0.6 is 0 Å². The van der Waals surface area contributed by atoms with Crippen molar-refractivity contribution in [2.75, 3.05) is 13.2 Å². The maximum atomic E-state index is 9.11. The second kappa shape index (κ2) is 6.37. The van der Waals surface area contributed by atoms with Gasteiger partial charge in [0.15, 0.2) is 0 Å². The van der Waals surface area contributed by atoms with Gasteiger partial charge in [0, 0.05) is 11.8 Å². The highest BCUT2D eigenvalue weighted by molar-refractivity contribution is 5.25. The Morgan fingerprint density at radius 2 is 2.40 bits per heavy atom. The zero-order valence-corrected chi connectivity index (χ0v) is 9.02. The summed E-state index contributed by atoms with van der Waals surface area (Å²) in [4.78, 5) is 4.13. The molecule has 0 saturated carbocycles. The van der Waals surface area contributed by atoms with Gasteiger partial charge >= 0.3 is 0 Å². The summed E-state index contributed by atoms with van der Waals surface area (Å²) in [6.07, 6.45) is 2.98. The van der Waals surface area contributed by atoms with Gasteiger partial charge in [0.1, 0.15) is 6.61 Å². The van der Waals surface area contributed by atoms with E-state index in [-0.39, 0.29) is 6.61 Å². The Kier molecular flexibility index (Phi) is 5.07. The Morgan fingerprint density at radius 3 is 3.07 bits per heavy atom. The van der Waals surface area contributed by atoms with Gasteiger partial charge in [-0.05, 0) is 32.4 Å². The second-order valence-electron chi connectivity index (χ2n) is 3.52. The predicted molar refractivity (Wildman–Crippen MR) is 58.8 cm³/mol. The fourth-order valence-electron chi connectivity index (χ4n) is 1.24. The first-order valence-corrected chi connectivity index (χ1v) is 5.19. The van der Waals surface area contributed by atoms with Crippen LogP contribution in [0.15, 0.2) is 18.3 Å². The molecule has 1 unspecified atom stereocenters. The summed E-state index contributed by atoms with van der Waals surface area (Å²) in [7, 11) is 0. The molecule has 1 rings (SSSR count). The number of hydrogen-bond donors (Lipinski definition) is 2. The third-order valence-corrected chi connectivity index (χ3v) is 1.96. The van der Waals surface area contributed by atoms with Crippen molar-refractivity contribution in [3.8, 4) is 5.88 Å². The van der Waals surface area contributed by atoms with Crippen molar-refractivity contribution in [2.45, 2.75) is 25.9 Å². The lowest BCUT2D eigenvalue weighted by Gasteiger charge is -2.10. The lowest BCUT2D eigenvalue weighted by atomic mass is 10.1. The van der Waals surface area contributed by atoms with Crippen LogP contribution in [0.2, 0.25) is 0 Å². The number of aromatic nitrogens is 1. The summed E-state index contributed by atoms with van der Waals surface area (Å²) < 4.78 is 5.39. The molecule has 0 spiro atoms. The number of hydrogen-bond acceptors (Lipinski definition) is 4. The Morgan fingerprint density at radius 1 is 1.60 bits per heavy atom. The van der Waals surface area contributed by atoms with Crippen molar-refractivity contribution in [1.82, 2.24) is 4.98 Å². The molecular weight excluding hydrogens is 192 g/mol. The minimum atomic E-state index is -0.477. The molecule has 1 aromatic rings. The van der Waals surface area contributed by atoms with Crippen LogP contribution in [0.25, 0.3) is 0 Å². The molecule has 0 saturated heterocycles. The Balaban J connectivity index is 2.59. The fourth-order valence-corrected chi connectivity index (χ4v) is 1.24. The van der Waals surface area contributed by atoms with Gasteiger partial charge < -0.3 is 15.6 Å². The van der Waals surface area contributed by atoms with E-state index in [2.05, 4.69) is 4.98 Å². The zero-order valence-electron chi connectivity index (χ0n) is 9.02. The minimum Gasteiger partial charge on any atom is -0.475 e. The van der Waals surface area contributed by atoms with E-state index < -0.39 is 6.10 Å². The van der Waals surface area contributed by atoms with Crippen molar-refractivity contribution >= 4 is 0 Å². The second-order valence-corrected chi connectivity index (χ2v) is 3.52. The van der Waals surface area contributed by atoms with E-state index in [4.69, 9.17) is 15.6 Å². The molecule has 15 heavy (non-hydrogen) atoms. The smallest absolute Gasteiger partial charge is 0.216 e. The monoisotopic (exact) mass is 210 g/mol. The third kappa shape index (κ3) is 4.27. The van der Waals surface area contributed by atoms with Crippen LogP contribution in [0.1, 0.15) is 18.9 Å². The standard InChI is InChI=1S/C11H18N2O2/c1-9(14)8-15-11-10(4-2-6-12)5-3-7-13-11/h3,5,7,9,14H,2,4,6,8,12H2,1H3. The zero-order chi connectivity index (χ0) is 11.1. The van der Waals surface area contributed by atoms with E-state index in [1.54, 1.807) is 13.1 Å². The van der Waals surface area contributed by atoms with E-state index in [0.717, 1.165) is 18.4 Å². The highest BCUT2D eigenvalue weighted by Gasteiger charge is 2.05. The molecule has 0 aromatic carbocycles. The SMILES string of the molecule is CC(O)COc1ncccc1CCCN. The van der Waals surface area contributed by atoms with Crippen LogP contribution in [0.4, 0.5) is 0 Å². The summed E-state index contributed by atoms with van der Waals surface area (Å²) >= 11 is 0. The first-order chi connectivity index (χ1) is 7.24. The summed E-state index contributed by atoms with van der Waals surface area (Å²) in [6.45, 7) is 2.61. The van der Waals surface area contributed by atoms with Crippen molar-refractivity contribution in [1.29, 1.82) is 0 Å². The van der Waals surface area contributed by atoms with E-state index in [1.165, 1.54) is 0 Å². The van der Waals surface area contributed by atoms with Gasteiger partial charge in [-0.2, -0.15) is 0 Å². The maximum absolute atomic E-state index is 9.11. The summed E-state index contributed by atoms with van der Waals surface area (Å²) in [6, 6.07) is 3.85. The molecule has 0 bridgehead atoms. The average Bonchev–Trinajstić information content (AvgIpc) is 2.24. The maximum Gasteiger partial charge on any atom is 0.216 e. The Bertz CT molecular complexity index is 290. The van der Waals surface area contributed by atoms with Gasteiger partial charge in [-0.15, -0.1) is 0 Å². The molecule has 3 N–H and O–H groups in total. The molecule has 1 heterocycles. The summed E-state index contributed by atoms with van der Waals surface area (Å²) in [5.41, 5.74) is 6.49. The Hall–Kier alpha value is -1.13. The average molecular weight is 210 g/mol. The number of pyridine rings is 1. The van der Waals surface area contributed by atoms with Crippen LogP contribution in [0, 0.1) is 0 Å². The van der Waals surface area contributed by atoms with E-state index in [0.29, 0.717) is 12.4 Å². The number of ether oxygens (including phenoxy) is 1. The van der Waals surface area contributed by atoms with E-state index >= 15 is 0 Å². The van der Waals surface area contributed by atoms with Gasteiger partial charge in [0.25, 0.3) is 0 Å². The topological polar surface area (TPSA) is 68.4 Å². The quantitative estimate of drug-likeness (QED) is 0.726. The number of nitrogens with two attached hydrogens (primary N) is 1. The van der Waals surface area contributed by atoms with E-state index in [1.807, 2.05) is 12.1 Å². The van der Waals surface area contributed by atoms with E-state index in [9.17, 15) is 0 Å². The molecule has 0 aliphatic carbocycles. The van der Waals surface area contributed by atoms with Gasteiger partial charge in [-0.25, -0.2) is 4.98 Å². The highest BCUT2D eigenvalue weighted by Crippen LogP contribution is 2.16. The minimum absolute atomic E-state index is 0.270. The van der Waals surface area contributed by atoms with Crippen molar-refractivity contribution < 1.29 is 9.84 Å². The van der Waals surface area contributed by atoms with Crippen LogP contribution in [-0.4, -0.2) is 29.3 Å². The van der Waals surface area contributed by atoms with Gasteiger partial charge in [-0.3, -0.25) is 0 Å². The lowest BCUT2D eigenvalue weighted by Crippen LogP contribution is -2.14. The number of rotatable bonds is 6. The first-order valence-electron chi connectivity index (χ1n) is 5.19. The Labute approximate surface area is 90.1 Å². The lowest BCUT2D eigenvalue weighted by molar-refractivity contribution is 0.119. The molecule has 1 atom stereocenters. The van der Waals surface area contributed by atoms with Gasteiger partial charge in [0.2, 0.25) is 5.88 Å². The number of aryl methyl sites for hydroxylation is 1. The molecule has 1 aromatic heterocycles. The highest BCUT2D eigenvalue weighted by atomic mass is 16.5. The largest absolute Gasteiger partial charge is 0.475 e. The third-order valence-electron chi connectivity index (χ3n) is 1.96. The van der Waals surface area contributed by atoms with Crippen LogP contribution in [0.5, 0.6) is 5.88 Å². The normalized spacial score (nSPS) is 12.5. The predicted octanol–water partition coefficient (Wildman–Crippen LogP) is 0.732. The van der Waals surface area contributed by atoms with Crippen LogP contribution in [-0.2, 0) is 6.42 Å². The van der Waals surface area contributed by atoms with Gasteiger partial charge in [-0.1, -0.05) is 6.07 Å². The van der Waals surface area contributed by atoms with Crippen LogP contribution < -0.4 is 10.5 Å². The number of aliphatic hydroxyl groups is 1. The number of aliphatic hydroxyl groups excluding tert-OH is 1. The molecule has 0 aliphatic heterocycles. The molecule has 84 valence electrons. The summed E-state index contributed by atoms with van der Waals surface area (Å²) in [5, 5.41) is 9.11. The van der Waals surface area contributed by atoms with Crippen LogP contribution in [0.3, 0.4) is 0 Å². The molecule has 0 radical (unpaired) electrons. The molecular formula is C11H18N2O2. The molecule has 0 fully saturated rings. The molecule has 4 nitrogen and oxygen atoms in total. The fraction of sp³-hybridized carbons (Fsp3) is 0.545. The molecule has 4 heteroatoms. The van der Waals surface area contributed by atoms with Crippen molar-refractivity contribution in [3.05, 3.63) is 23.9 Å². The van der Waals surface area contributed by atoms with Gasteiger partial charge in [0.05, 0.1) is 6.10 Å².